The molecular weight excluding hydrogens is 380 g/mol. The van der Waals surface area contributed by atoms with Gasteiger partial charge in [0.1, 0.15) is 5.82 Å². The summed E-state index contributed by atoms with van der Waals surface area (Å²) in [6.07, 6.45) is 0. The maximum atomic E-state index is 12.8. The minimum absolute atomic E-state index is 0.190. The fourth-order valence-corrected chi connectivity index (χ4v) is 2.12. The molecule has 0 radical (unpaired) electrons. The standard InChI is InChI=1S/C14H10ClFINO/c1-18(11-5-3-10(16)4-6-11)14(19)9-2-7-13(17)12(15)8-9/h2-8H,1H3. The molecule has 0 bridgehead atoms. The first-order valence-corrected chi connectivity index (χ1v) is 6.93. The van der Waals surface area contributed by atoms with Crippen molar-refractivity contribution in [2.45, 2.75) is 0 Å². The molecule has 2 aromatic carbocycles. The summed E-state index contributed by atoms with van der Waals surface area (Å²) in [7, 11) is 1.64. The Morgan fingerprint density at radius 2 is 1.84 bits per heavy atom. The van der Waals surface area contributed by atoms with Gasteiger partial charge in [-0.05, 0) is 65.1 Å². The molecule has 5 heteroatoms. The van der Waals surface area contributed by atoms with Crippen LogP contribution in [-0.2, 0) is 0 Å². The summed E-state index contributed by atoms with van der Waals surface area (Å²) in [5.74, 6) is -0.521. The Bertz CT molecular complexity index is 615. The predicted octanol–water partition coefficient (Wildman–Crippen LogP) is 4.36. The molecule has 0 fully saturated rings. The van der Waals surface area contributed by atoms with E-state index < -0.39 is 0 Å². The van der Waals surface area contributed by atoms with E-state index in [1.54, 1.807) is 37.4 Å². The molecule has 0 atom stereocenters. The highest BCUT2D eigenvalue weighted by atomic mass is 127. The van der Waals surface area contributed by atoms with Gasteiger partial charge < -0.3 is 4.90 Å². The van der Waals surface area contributed by atoms with E-state index in [1.165, 1.54) is 17.0 Å². The van der Waals surface area contributed by atoms with Crippen molar-refractivity contribution in [1.82, 2.24) is 0 Å². The van der Waals surface area contributed by atoms with Crippen LogP contribution in [0, 0.1) is 9.39 Å². The number of anilines is 1. The molecular formula is C14H10ClFINO. The summed E-state index contributed by atoms with van der Waals surface area (Å²) in [5, 5.41) is 0.541. The lowest BCUT2D eigenvalue weighted by Crippen LogP contribution is -2.26. The lowest BCUT2D eigenvalue weighted by Gasteiger charge is -2.17. The van der Waals surface area contributed by atoms with Crippen molar-refractivity contribution in [2.24, 2.45) is 0 Å². The zero-order chi connectivity index (χ0) is 14.0. The molecule has 0 spiro atoms. The minimum Gasteiger partial charge on any atom is -0.311 e. The van der Waals surface area contributed by atoms with E-state index in [0.717, 1.165) is 3.57 Å². The van der Waals surface area contributed by atoms with Crippen LogP contribution in [0.1, 0.15) is 10.4 Å². The highest BCUT2D eigenvalue weighted by Crippen LogP contribution is 2.22. The molecule has 0 aliphatic carbocycles. The van der Waals surface area contributed by atoms with Gasteiger partial charge in [0, 0.05) is 21.9 Å². The number of carbonyl (C=O) groups excluding carboxylic acids is 1. The third-order valence-electron chi connectivity index (χ3n) is 2.69. The first-order chi connectivity index (χ1) is 8.99. The summed E-state index contributed by atoms with van der Waals surface area (Å²) in [5.41, 5.74) is 1.12. The fraction of sp³-hybridized carbons (Fsp3) is 0.0714. The molecule has 2 aromatic rings. The number of halogens is 3. The number of nitrogens with zero attached hydrogens (tertiary/aromatic N) is 1. The number of rotatable bonds is 2. The Balaban J connectivity index is 2.28. The lowest BCUT2D eigenvalue weighted by atomic mass is 10.2. The maximum Gasteiger partial charge on any atom is 0.258 e. The van der Waals surface area contributed by atoms with Gasteiger partial charge in [-0.3, -0.25) is 4.79 Å². The van der Waals surface area contributed by atoms with Crippen LogP contribution in [0.2, 0.25) is 5.02 Å². The van der Waals surface area contributed by atoms with Gasteiger partial charge in [0.15, 0.2) is 0 Å². The van der Waals surface area contributed by atoms with Crippen LogP contribution in [0.4, 0.5) is 10.1 Å². The number of amides is 1. The number of hydrogen-bond donors (Lipinski definition) is 0. The maximum absolute atomic E-state index is 12.8. The normalized spacial score (nSPS) is 10.3. The van der Waals surface area contributed by atoms with E-state index in [2.05, 4.69) is 22.6 Å². The van der Waals surface area contributed by atoms with Gasteiger partial charge in [-0.15, -0.1) is 0 Å². The smallest absolute Gasteiger partial charge is 0.258 e. The second kappa shape index (κ2) is 5.88. The average molecular weight is 390 g/mol. The quantitative estimate of drug-likeness (QED) is 0.699. The lowest BCUT2D eigenvalue weighted by molar-refractivity contribution is 0.0993. The largest absolute Gasteiger partial charge is 0.311 e. The first kappa shape index (κ1) is 14.3. The van der Waals surface area contributed by atoms with E-state index in [9.17, 15) is 9.18 Å². The van der Waals surface area contributed by atoms with Gasteiger partial charge in [-0.1, -0.05) is 11.6 Å². The first-order valence-electron chi connectivity index (χ1n) is 5.47. The summed E-state index contributed by atoms with van der Waals surface area (Å²) >= 11 is 8.10. The monoisotopic (exact) mass is 389 g/mol. The van der Waals surface area contributed by atoms with Crippen molar-refractivity contribution < 1.29 is 9.18 Å². The number of benzene rings is 2. The second-order valence-electron chi connectivity index (χ2n) is 3.97. The summed E-state index contributed by atoms with van der Waals surface area (Å²) < 4.78 is 13.7. The van der Waals surface area contributed by atoms with Gasteiger partial charge in [0.05, 0.1) is 5.02 Å². The Hall–Kier alpha value is -1.14. The van der Waals surface area contributed by atoms with E-state index in [1.807, 2.05) is 0 Å². The van der Waals surface area contributed by atoms with Crippen LogP contribution < -0.4 is 4.90 Å². The summed E-state index contributed by atoms with van der Waals surface area (Å²) in [6, 6.07) is 10.9. The van der Waals surface area contributed by atoms with E-state index in [4.69, 9.17) is 11.6 Å². The average Bonchev–Trinajstić information content (AvgIpc) is 2.41. The molecule has 0 heterocycles. The molecule has 0 saturated heterocycles. The molecule has 0 unspecified atom stereocenters. The van der Waals surface area contributed by atoms with Crippen molar-refractivity contribution in [3.63, 3.8) is 0 Å². The molecule has 0 N–H and O–H groups in total. The topological polar surface area (TPSA) is 20.3 Å². The van der Waals surface area contributed by atoms with Crippen molar-refractivity contribution in [3.8, 4) is 0 Å². The third kappa shape index (κ3) is 3.25. The minimum atomic E-state index is -0.332. The zero-order valence-electron chi connectivity index (χ0n) is 10.0. The molecule has 0 aliphatic rings. The van der Waals surface area contributed by atoms with Gasteiger partial charge >= 0.3 is 0 Å². The van der Waals surface area contributed by atoms with Crippen molar-refractivity contribution in [2.75, 3.05) is 11.9 Å². The summed E-state index contributed by atoms with van der Waals surface area (Å²) in [4.78, 5) is 13.7. The Morgan fingerprint density at radius 1 is 1.21 bits per heavy atom. The molecule has 1 amide bonds. The number of carbonyl (C=O) groups is 1. The third-order valence-corrected chi connectivity index (χ3v) is 4.26. The van der Waals surface area contributed by atoms with Gasteiger partial charge in [-0.25, -0.2) is 4.39 Å². The Labute approximate surface area is 129 Å². The molecule has 0 aromatic heterocycles. The van der Waals surface area contributed by atoms with Crippen LogP contribution in [0.25, 0.3) is 0 Å². The fourth-order valence-electron chi connectivity index (χ4n) is 1.60. The van der Waals surface area contributed by atoms with Gasteiger partial charge in [-0.2, -0.15) is 0 Å². The summed E-state index contributed by atoms with van der Waals surface area (Å²) in [6.45, 7) is 0. The van der Waals surface area contributed by atoms with Gasteiger partial charge in [0.2, 0.25) is 0 Å². The second-order valence-corrected chi connectivity index (χ2v) is 5.54. The molecule has 98 valence electrons. The predicted molar refractivity (Wildman–Crippen MR) is 83.3 cm³/mol. The molecule has 0 saturated carbocycles. The van der Waals surface area contributed by atoms with Crippen LogP contribution in [0.3, 0.4) is 0 Å². The van der Waals surface area contributed by atoms with Crippen LogP contribution >= 0.6 is 34.2 Å². The molecule has 0 aliphatic heterocycles. The van der Waals surface area contributed by atoms with Crippen molar-refractivity contribution >= 4 is 45.8 Å². The molecule has 2 rings (SSSR count). The van der Waals surface area contributed by atoms with E-state index in [-0.39, 0.29) is 11.7 Å². The molecule has 19 heavy (non-hydrogen) atoms. The zero-order valence-corrected chi connectivity index (χ0v) is 12.9. The molecule has 2 nitrogen and oxygen atoms in total. The van der Waals surface area contributed by atoms with E-state index >= 15 is 0 Å². The number of hydrogen-bond acceptors (Lipinski definition) is 1. The van der Waals surface area contributed by atoms with Crippen molar-refractivity contribution in [3.05, 3.63) is 62.4 Å². The van der Waals surface area contributed by atoms with Crippen molar-refractivity contribution in [1.29, 1.82) is 0 Å². The highest BCUT2D eigenvalue weighted by molar-refractivity contribution is 14.1. The van der Waals surface area contributed by atoms with Crippen LogP contribution in [0.5, 0.6) is 0 Å². The van der Waals surface area contributed by atoms with Crippen LogP contribution in [0.15, 0.2) is 42.5 Å². The Morgan fingerprint density at radius 3 is 2.42 bits per heavy atom. The van der Waals surface area contributed by atoms with Gasteiger partial charge in [0.25, 0.3) is 5.91 Å². The SMILES string of the molecule is CN(C(=O)c1ccc(I)c(Cl)c1)c1ccc(F)cc1. The highest BCUT2D eigenvalue weighted by Gasteiger charge is 2.14. The van der Waals surface area contributed by atoms with E-state index in [0.29, 0.717) is 16.3 Å². The van der Waals surface area contributed by atoms with Crippen LogP contribution in [-0.4, -0.2) is 13.0 Å². The Kier molecular flexibility index (Phi) is 4.42.